The van der Waals surface area contributed by atoms with Gasteiger partial charge in [-0.05, 0) is 25.0 Å². The quantitative estimate of drug-likeness (QED) is 0.838. The van der Waals surface area contributed by atoms with E-state index in [-0.39, 0.29) is 17.7 Å². The first-order chi connectivity index (χ1) is 9.45. The van der Waals surface area contributed by atoms with Gasteiger partial charge in [0.25, 0.3) is 0 Å². The Morgan fingerprint density at radius 1 is 1.25 bits per heavy atom. The van der Waals surface area contributed by atoms with Crippen molar-refractivity contribution in [1.29, 1.82) is 0 Å². The van der Waals surface area contributed by atoms with E-state index in [0.717, 1.165) is 0 Å². The third-order valence-electron chi connectivity index (χ3n) is 2.75. The molecule has 1 atom stereocenters. The van der Waals surface area contributed by atoms with Crippen LogP contribution >= 0.6 is 0 Å². The molecule has 0 fully saturated rings. The maximum atomic E-state index is 12.3. The van der Waals surface area contributed by atoms with Crippen molar-refractivity contribution < 1.29 is 14.3 Å². The minimum absolute atomic E-state index is 0.00171. The number of benzene rings is 1. The van der Waals surface area contributed by atoms with Gasteiger partial charge in [0.05, 0.1) is 12.3 Å². The van der Waals surface area contributed by atoms with Gasteiger partial charge in [0.1, 0.15) is 11.8 Å². The third kappa shape index (κ3) is 4.57. The van der Waals surface area contributed by atoms with Gasteiger partial charge >= 0.3 is 0 Å². The maximum Gasteiger partial charge on any atom is 0.247 e. The summed E-state index contributed by atoms with van der Waals surface area (Å²) in [6.45, 7) is 7.57. The topological polar surface area (TPSA) is 67.4 Å². The standard InChI is InChI=1S/C15H22N2O3/c1-5-20-13-9-7-6-8-12(13)17-15(19)14(10(2)3)16-11(4)18/h6-10,14H,5H2,1-4H3,(H,16,18)(H,17,19)/t14-/m1/s1. The second-order valence-electron chi connectivity index (χ2n) is 4.84. The van der Waals surface area contributed by atoms with Gasteiger partial charge in [-0.1, -0.05) is 26.0 Å². The molecule has 0 saturated heterocycles. The normalized spacial score (nSPS) is 11.8. The van der Waals surface area contributed by atoms with E-state index in [2.05, 4.69) is 10.6 Å². The van der Waals surface area contributed by atoms with Crippen LogP contribution in [0.2, 0.25) is 0 Å². The largest absolute Gasteiger partial charge is 0.492 e. The van der Waals surface area contributed by atoms with E-state index in [1.807, 2.05) is 32.9 Å². The van der Waals surface area contributed by atoms with E-state index >= 15 is 0 Å². The van der Waals surface area contributed by atoms with Gasteiger partial charge in [-0.3, -0.25) is 9.59 Å². The second-order valence-corrected chi connectivity index (χ2v) is 4.84. The molecule has 0 saturated carbocycles. The number of amides is 2. The molecule has 5 heteroatoms. The molecular weight excluding hydrogens is 256 g/mol. The maximum absolute atomic E-state index is 12.3. The number of carbonyl (C=O) groups is 2. The molecule has 0 aliphatic heterocycles. The summed E-state index contributed by atoms with van der Waals surface area (Å²) < 4.78 is 5.46. The predicted octanol–water partition coefficient (Wildman–Crippen LogP) is 2.18. The summed E-state index contributed by atoms with van der Waals surface area (Å²) in [5.41, 5.74) is 0.607. The Balaban J connectivity index is 2.85. The minimum atomic E-state index is -0.567. The van der Waals surface area contributed by atoms with Crippen LogP contribution in [0.4, 0.5) is 5.69 Å². The highest BCUT2D eigenvalue weighted by atomic mass is 16.5. The number of carbonyl (C=O) groups excluding carboxylic acids is 2. The lowest BCUT2D eigenvalue weighted by Crippen LogP contribution is -2.46. The van der Waals surface area contributed by atoms with Gasteiger partial charge < -0.3 is 15.4 Å². The zero-order valence-corrected chi connectivity index (χ0v) is 12.4. The van der Waals surface area contributed by atoms with E-state index in [1.165, 1.54) is 6.92 Å². The molecule has 0 aliphatic rings. The fourth-order valence-electron chi connectivity index (χ4n) is 1.82. The summed E-state index contributed by atoms with van der Waals surface area (Å²) in [6.07, 6.45) is 0. The SMILES string of the molecule is CCOc1ccccc1NC(=O)[C@H](NC(C)=O)C(C)C. The molecule has 0 aliphatic carbocycles. The van der Waals surface area contributed by atoms with Crippen molar-refractivity contribution in [1.82, 2.24) is 5.32 Å². The van der Waals surface area contributed by atoms with Crippen LogP contribution in [-0.4, -0.2) is 24.5 Å². The number of rotatable bonds is 6. The van der Waals surface area contributed by atoms with Crippen LogP contribution in [0, 0.1) is 5.92 Å². The predicted molar refractivity (Wildman–Crippen MR) is 78.7 cm³/mol. The van der Waals surface area contributed by atoms with Gasteiger partial charge in [-0.25, -0.2) is 0 Å². The molecule has 0 heterocycles. The second kappa shape index (κ2) is 7.53. The Hall–Kier alpha value is -2.04. The lowest BCUT2D eigenvalue weighted by molar-refractivity contribution is -0.126. The van der Waals surface area contributed by atoms with Crippen LogP contribution in [0.1, 0.15) is 27.7 Å². The number of nitrogens with one attached hydrogen (secondary N) is 2. The fraction of sp³-hybridized carbons (Fsp3) is 0.467. The van der Waals surface area contributed by atoms with Crippen molar-refractivity contribution >= 4 is 17.5 Å². The first-order valence-corrected chi connectivity index (χ1v) is 6.75. The Morgan fingerprint density at radius 3 is 2.45 bits per heavy atom. The number of para-hydroxylation sites is 2. The van der Waals surface area contributed by atoms with Crippen LogP contribution in [0.3, 0.4) is 0 Å². The summed E-state index contributed by atoms with van der Waals surface area (Å²) in [5.74, 6) is 0.145. The molecule has 0 bridgehead atoms. The molecule has 1 rings (SSSR count). The highest BCUT2D eigenvalue weighted by molar-refractivity contribution is 5.98. The summed E-state index contributed by atoms with van der Waals surface area (Å²) in [6, 6.07) is 6.66. The van der Waals surface area contributed by atoms with Gasteiger partial charge in [0.2, 0.25) is 11.8 Å². The average molecular weight is 278 g/mol. The van der Waals surface area contributed by atoms with Crippen molar-refractivity contribution in [3.63, 3.8) is 0 Å². The molecular formula is C15H22N2O3. The molecule has 0 aromatic heterocycles. The smallest absolute Gasteiger partial charge is 0.247 e. The van der Waals surface area contributed by atoms with Gasteiger partial charge in [-0.2, -0.15) is 0 Å². The van der Waals surface area contributed by atoms with Crippen LogP contribution in [0.5, 0.6) is 5.75 Å². The van der Waals surface area contributed by atoms with Crippen LogP contribution < -0.4 is 15.4 Å². The van der Waals surface area contributed by atoms with E-state index < -0.39 is 6.04 Å². The van der Waals surface area contributed by atoms with Gasteiger partial charge in [-0.15, -0.1) is 0 Å². The van der Waals surface area contributed by atoms with E-state index in [9.17, 15) is 9.59 Å². The monoisotopic (exact) mass is 278 g/mol. The number of ether oxygens (including phenoxy) is 1. The Kier molecular flexibility index (Phi) is 6.03. The Morgan fingerprint density at radius 2 is 1.90 bits per heavy atom. The van der Waals surface area contributed by atoms with Gasteiger partial charge in [0.15, 0.2) is 0 Å². The molecule has 0 spiro atoms. The van der Waals surface area contributed by atoms with Crippen molar-refractivity contribution in [2.24, 2.45) is 5.92 Å². The van der Waals surface area contributed by atoms with Gasteiger partial charge in [0, 0.05) is 6.92 Å². The van der Waals surface area contributed by atoms with E-state index in [1.54, 1.807) is 12.1 Å². The summed E-state index contributed by atoms with van der Waals surface area (Å²) >= 11 is 0. The van der Waals surface area contributed by atoms with Crippen LogP contribution in [0.15, 0.2) is 24.3 Å². The molecule has 2 amide bonds. The molecule has 2 N–H and O–H groups in total. The van der Waals surface area contributed by atoms with Crippen LogP contribution in [0.25, 0.3) is 0 Å². The van der Waals surface area contributed by atoms with Crippen molar-refractivity contribution in [2.75, 3.05) is 11.9 Å². The van der Waals surface area contributed by atoms with E-state index in [0.29, 0.717) is 18.0 Å². The summed E-state index contributed by atoms with van der Waals surface area (Å²) in [7, 11) is 0. The summed E-state index contributed by atoms with van der Waals surface area (Å²) in [4.78, 5) is 23.4. The summed E-state index contributed by atoms with van der Waals surface area (Å²) in [5, 5.41) is 5.46. The molecule has 1 aromatic rings. The third-order valence-corrected chi connectivity index (χ3v) is 2.75. The number of hydrogen-bond donors (Lipinski definition) is 2. The molecule has 110 valence electrons. The molecule has 0 unspecified atom stereocenters. The molecule has 1 aromatic carbocycles. The Bertz CT molecular complexity index is 472. The highest BCUT2D eigenvalue weighted by Crippen LogP contribution is 2.24. The Labute approximate surface area is 119 Å². The van der Waals surface area contributed by atoms with Crippen molar-refractivity contribution in [3.8, 4) is 5.75 Å². The fourth-order valence-corrected chi connectivity index (χ4v) is 1.82. The molecule has 5 nitrogen and oxygen atoms in total. The highest BCUT2D eigenvalue weighted by Gasteiger charge is 2.23. The van der Waals surface area contributed by atoms with E-state index in [4.69, 9.17) is 4.74 Å². The lowest BCUT2D eigenvalue weighted by Gasteiger charge is -2.21. The number of anilines is 1. The number of hydrogen-bond acceptors (Lipinski definition) is 3. The van der Waals surface area contributed by atoms with Crippen molar-refractivity contribution in [3.05, 3.63) is 24.3 Å². The lowest BCUT2D eigenvalue weighted by atomic mass is 10.0. The first kappa shape index (κ1) is 16.0. The molecule has 0 radical (unpaired) electrons. The zero-order chi connectivity index (χ0) is 15.1. The minimum Gasteiger partial charge on any atom is -0.492 e. The molecule has 20 heavy (non-hydrogen) atoms. The van der Waals surface area contributed by atoms with Crippen molar-refractivity contribution in [2.45, 2.75) is 33.7 Å². The van der Waals surface area contributed by atoms with Crippen LogP contribution in [-0.2, 0) is 9.59 Å². The zero-order valence-electron chi connectivity index (χ0n) is 12.4. The average Bonchev–Trinajstić information content (AvgIpc) is 2.38. The first-order valence-electron chi connectivity index (χ1n) is 6.75.